The van der Waals surface area contributed by atoms with Crippen LogP contribution in [-0.2, 0) is 5.41 Å². The van der Waals surface area contributed by atoms with E-state index in [9.17, 15) is 0 Å². The first kappa shape index (κ1) is 33.2. The molecule has 0 radical (unpaired) electrons. The number of rotatable bonds is 5. The molecule has 0 N–H and O–H groups in total. The zero-order valence-corrected chi connectivity index (χ0v) is 31.9. The van der Waals surface area contributed by atoms with Gasteiger partial charge in [-0.1, -0.05) is 172 Å². The van der Waals surface area contributed by atoms with Crippen molar-refractivity contribution in [3.05, 3.63) is 205 Å². The summed E-state index contributed by atoms with van der Waals surface area (Å²) in [7, 11) is 0. The molecule has 268 valence electrons. The Morgan fingerprint density at radius 2 is 0.754 bits per heavy atom. The molecular weight excluding hydrogens is 689 g/mol. The van der Waals surface area contributed by atoms with Gasteiger partial charge in [0.1, 0.15) is 0 Å². The molecular formula is C55H38N2. The maximum absolute atomic E-state index is 5.26. The van der Waals surface area contributed by atoms with Crippen LogP contribution in [0.25, 0.3) is 99.5 Å². The Balaban J connectivity index is 0.912. The fraction of sp³-hybridized carbons (Fsp3) is 0.0545. The molecule has 0 saturated heterocycles. The van der Waals surface area contributed by atoms with E-state index in [1.165, 1.54) is 66.4 Å². The van der Waals surface area contributed by atoms with Crippen LogP contribution >= 0.6 is 0 Å². The summed E-state index contributed by atoms with van der Waals surface area (Å²) < 4.78 is 0. The van der Waals surface area contributed by atoms with Gasteiger partial charge >= 0.3 is 0 Å². The highest BCUT2D eigenvalue weighted by Gasteiger charge is 2.35. The maximum atomic E-state index is 5.26. The number of benzene rings is 9. The molecule has 2 nitrogen and oxygen atoms in total. The summed E-state index contributed by atoms with van der Waals surface area (Å²) in [6, 6.07) is 68.2. The summed E-state index contributed by atoms with van der Waals surface area (Å²) in [5.74, 6) is 0. The molecule has 0 spiro atoms. The molecule has 11 rings (SSSR count). The van der Waals surface area contributed by atoms with Crippen molar-refractivity contribution in [1.82, 2.24) is 9.97 Å². The van der Waals surface area contributed by atoms with E-state index < -0.39 is 0 Å². The molecule has 1 aromatic heterocycles. The maximum Gasteiger partial charge on any atom is 0.0979 e. The summed E-state index contributed by atoms with van der Waals surface area (Å²) in [6.07, 6.45) is 1.92. The zero-order chi connectivity index (χ0) is 38.1. The molecule has 0 aliphatic heterocycles. The van der Waals surface area contributed by atoms with Crippen LogP contribution in [0.15, 0.2) is 194 Å². The molecule has 0 amide bonds. The van der Waals surface area contributed by atoms with Gasteiger partial charge in [-0.2, -0.15) is 0 Å². The number of nitrogens with zero attached hydrogens (tertiary/aromatic N) is 2. The molecule has 9 aromatic carbocycles. The normalized spacial score (nSPS) is 12.9. The third kappa shape index (κ3) is 5.48. The Bertz CT molecular complexity index is 3190. The van der Waals surface area contributed by atoms with Gasteiger partial charge in [-0.05, 0) is 108 Å². The second-order valence-corrected chi connectivity index (χ2v) is 15.8. The van der Waals surface area contributed by atoms with E-state index in [-0.39, 0.29) is 5.41 Å². The van der Waals surface area contributed by atoms with E-state index in [1.807, 2.05) is 6.20 Å². The minimum Gasteiger partial charge on any atom is -0.252 e. The monoisotopic (exact) mass is 726 g/mol. The lowest BCUT2D eigenvalue weighted by molar-refractivity contribution is 0.660. The van der Waals surface area contributed by atoms with Gasteiger partial charge in [-0.25, -0.2) is 4.98 Å². The van der Waals surface area contributed by atoms with Crippen molar-refractivity contribution >= 4 is 32.6 Å². The second-order valence-electron chi connectivity index (χ2n) is 15.8. The van der Waals surface area contributed by atoms with Gasteiger partial charge < -0.3 is 0 Å². The van der Waals surface area contributed by atoms with Crippen LogP contribution in [0.4, 0.5) is 0 Å². The summed E-state index contributed by atoms with van der Waals surface area (Å²) in [4.78, 5) is 10.3. The highest BCUT2D eigenvalue weighted by Crippen LogP contribution is 2.49. The quantitative estimate of drug-likeness (QED) is 0.165. The molecule has 0 atom stereocenters. The van der Waals surface area contributed by atoms with Gasteiger partial charge in [-0.3, -0.25) is 4.98 Å². The molecule has 57 heavy (non-hydrogen) atoms. The Morgan fingerprint density at radius 1 is 0.333 bits per heavy atom. The zero-order valence-electron chi connectivity index (χ0n) is 31.9. The van der Waals surface area contributed by atoms with Crippen molar-refractivity contribution in [3.8, 4) is 66.9 Å². The summed E-state index contributed by atoms with van der Waals surface area (Å²) >= 11 is 0. The third-order valence-corrected chi connectivity index (χ3v) is 12.1. The van der Waals surface area contributed by atoms with E-state index in [0.717, 1.165) is 44.2 Å². The van der Waals surface area contributed by atoms with Crippen molar-refractivity contribution < 1.29 is 0 Å². The van der Waals surface area contributed by atoms with E-state index in [4.69, 9.17) is 9.97 Å². The molecule has 0 saturated carbocycles. The van der Waals surface area contributed by atoms with Crippen LogP contribution in [0.1, 0.15) is 25.0 Å². The third-order valence-electron chi connectivity index (χ3n) is 12.1. The summed E-state index contributed by atoms with van der Waals surface area (Å²) in [6.45, 7) is 4.69. The predicted molar refractivity (Wildman–Crippen MR) is 239 cm³/mol. The SMILES string of the molecule is CC1(C)c2ccccc2-c2ccc(-c3cccc(-c4cccc(-c5cccc(-c6cccc(-c7cnc8c9ccccc9c9ccccc9c8n7)c6)c5)c4)c3)cc21. The van der Waals surface area contributed by atoms with Crippen LogP contribution in [0.2, 0.25) is 0 Å². The van der Waals surface area contributed by atoms with Crippen LogP contribution < -0.4 is 0 Å². The lowest BCUT2D eigenvalue weighted by Gasteiger charge is -2.22. The van der Waals surface area contributed by atoms with E-state index >= 15 is 0 Å². The lowest BCUT2D eigenvalue weighted by atomic mass is 9.81. The van der Waals surface area contributed by atoms with E-state index in [1.54, 1.807) is 0 Å². The second kappa shape index (κ2) is 13.0. The van der Waals surface area contributed by atoms with Gasteiger partial charge in [0.25, 0.3) is 0 Å². The Morgan fingerprint density at radius 3 is 1.32 bits per heavy atom. The average Bonchev–Trinajstić information content (AvgIpc) is 3.51. The Labute approximate surface area is 332 Å². The van der Waals surface area contributed by atoms with Crippen LogP contribution in [0.5, 0.6) is 0 Å². The molecule has 1 aliphatic carbocycles. The molecule has 1 heterocycles. The van der Waals surface area contributed by atoms with Gasteiger partial charge in [0.15, 0.2) is 0 Å². The van der Waals surface area contributed by atoms with Gasteiger partial charge in [0, 0.05) is 21.8 Å². The molecule has 2 heteroatoms. The molecule has 0 bridgehead atoms. The summed E-state index contributed by atoms with van der Waals surface area (Å²) in [5, 5.41) is 4.65. The van der Waals surface area contributed by atoms with Crippen molar-refractivity contribution in [1.29, 1.82) is 0 Å². The van der Waals surface area contributed by atoms with Crippen LogP contribution in [-0.4, -0.2) is 9.97 Å². The van der Waals surface area contributed by atoms with Crippen molar-refractivity contribution in [3.63, 3.8) is 0 Å². The smallest absolute Gasteiger partial charge is 0.0979 e. The van der Waals surface area contributed by atoms with Crippen molar-refractivity contribution in [2.45, 2.75) is 19.3 Å². The first-order valence-electron chi connectivity index (χ1n) is 19.7. The fourth-order valence-electron chi connectivity index (χ4n) is 9.14. The average molecular weight is 727 g/mol. The molecule has 1 aliphatic rings. The number of hydrogen-bond acceptors (Lipinski definition) is 2. The largest absolute Gasteiger partial charge is 0.252 e. The molecule has 0 unspecified atom stereocenters. The van der Waals surface area contributed by atoms with Gasteiger partial charge in [-0.15, -0.1) is 0 Å². The Kier molecular flexibility index (Phi) is 7.55. The highest BCUT2D eigenvalue weighted by molar-refractivity contribution is 6.23. The van der Waals surface area contributed by atoms with Crippen LogP contribution in [0.3, 0.4) is 0 Å². The minimum absolute atomic E-state index is 0.0284. The minimum atomic E-state index is -0.0284. The topological polar surface area (TPSA) is 25.8 Å². The highest BCUT2D eigenvalue weighted by atomic mass is 14.8. The molecule has 10 aromatic rings. The van der Waals surface area contributed by atoms with E-state index in [0.29, 0.717) is 0 Å². The molecule has 0 fully saturated rings. The van der Waals surface area contributed by atoms with Crippen LogP contribution in [0, 0.1) is 0 Å². The predicted octanol–water partition coefficient (Wildman–Crippen LogP) is 14.6. The van der Waals surface area contributed by atoms with Gasteiger partial charge in [0.05, 0.1) is 22.9 Å². The fourth-order valence-corrected chi connectivity index (χ4v) is 9.14. The van der Waals surface area contributed by atoms with Crippen molar-refractivity contribution in [2.75, 3.05) is 0 Å². The van der Waals surface area contributed by atoms with E-state index in [2.05, 4.69) is 202 Å². The van der Waals surface area contributed by atoms with Gasteiger partial charge in [0.2, 0.25) is 0 Å². The Hall–Kier alpha value is -7.16. The lowest BCUT2D eigenvalue weighted by Crippen LogP contribution is -2.14. The summed E-state index contributed by atoms with van der Waals surface area (Å²) in [5.41, 5.74) is 18.8. The standard InChI is InChI=1S/C55H38N2/c1-55(2)50-26-8-7-23-46(50)47-28-27-42(33-51(47)55)40-18-11-16-38(31-40)36-14-9-13-35(29-36)37-15-10-17-39(30-37)41-19-12-20-43(32-41)52-34-56-53-48-24-5-3-21-44(48)45-22-4-6-25-49(45)54(53)57-52/h3-34H,1-2H3. The van der Waals surface area contributed by atoms with Crippen molar-refractivity contribution in [2.24, 2.45) is 0 Å². The number of aromatic nitrogens is 2. The first-order valence-corrected chi connectivity index (χ1v) is 19.7. The number of hydrogen-bond donors (Lipinski definition) is 0. The first-order chi connectivity index (χ1) is 28.0. The number of fused-ring (bicyclic) bond motifs is 9.